The summed E-state index contributed by atoms with van der Waals surface area (Å²) < 4.78 is 29.3. The molecule has 0 aliphatic heterocycles. The van der Waals surface area contributed by atoms with Gasteiger partial charge < -0.3 is 4.74 Å². The number of halogens is 6. The second-order valence-electron chi connectivity index (χ2n) is 3.74. The van der Waals surface area contributed by atoms with Crippen LogP contribution in [0, 0.1) is 0 Å². The Morgan fingerprint density at radius 3 is 2.20 bits per heavy atom. The zero-order valence-electron chi connectivity index (χ0n) is 9.64. The molecular formula is C13H6Cl4F2O. The zero-order chi connectivity index (χ0) is 14.9. The van der Waals surface area contributed by atoms with Crippen molar-refractivity contribution in [1.29, 1.82) is 0 Å². The topological polar surface area (TPSA) is 9.23 Å². The summed E-state index contributed by atoms with van der Waals surface area (Å²) in [5.74, 6) is -0.0512. The van der Waals surface area contributed by atoms with E-state index in [1.54, 1.807) is 6.07 Å². The van der Waals surface area contributed by atoms with Gasteiger partial charge in [0, 0.05) is 16.1 Å². The van der Waals surface area contributed by atoms with Gasteiger partial charge in [0.2, 0.25) is 0 Å². The van der Waals surface area contributed by atoms with Gasteiger partial charge in [0.1, 0.15) is 5.75 Å². The molecule has 1 nitrogen and oxygen atoms in total. The number of rotatable bonds is 3. The van der Waals surface area contributed by atoms with E-state index in [2.05, 4.69) is 4.74 Å². The first kappa shape index (κ1) is 15.6. The standard InChI is InChI=1S/C13H6Cl4F2O/c14-6-1-4-10(20-13(18)19)8(5-6)7-2-3-9(15)12(17)11(7)16/h1-5,13H. The van der Waals surface area contributed by atoms with Crippen LogP contribution in [0.1, 0.15) is 0 Å². The van der Waals surface area contributed by atoms with E-state index in [1.807, 2.05) is 0 Å². The van der Waals surface area contributed by atoms with Gasteiger partial charge in [-0.1, -0.05) is 52.5 Å². The Morgan fingerprint density at radius 1 is 0.850 bits per heavy atom. The first-order valence-electron chi connectivity index (χ1n) is 5.28. The van der Waals surface area contributed by atoms with Crippen LogP contribution in [0.15, 0.2) is 30.3 Å². The summed E-state index contributed by atoms with van der Waals surface area (Å²) in [6.45, 7) is -2.96. The van der Waals surface area contributed by atoms with Gasteiger partial charge in [0.15, 0.2) is 0 Å². The number of alkyl halides is 2. The van der Waals surface area contributed by atoms with Crippen LogP contribution in [0.4, 0.5) is 8.78 Å². The van der Waals surface area contributed by atoms with Crippen molar-refractivity contribution in [2.24, 2.45) is 0 Å². The van der Waals surface area contributed by atoms with Gasteiger partial charge in [-0.15, -0.1) is 0 Å². The monoisotopic (exact) mass is 356 g/mol. The lowest BCUT2D eigenvalue weighted by molar-refractivity contribution is -0.0494. The first-order valence-corrected chi connectivity index (χ1v) is 6.79. The van der Waals surface area contributed by atoms with Gasteiger partial charge in [-0.05, 0) is 24.3 Å². The average molecular weight is 358 g/mol. The van der Waals surface area contributed by atoms with E-state index >= 15 is 0 Å². The van der Waals surface area contributed by atoms with Crippen molar-refractivity contribution in [3.05, 3.63) is 50.4 Å². The highest BCUT2D eigenvalue weighted by atomic mass is 35.5. The summed E-state index contributed by atoms with van der Waals surface area (Å²) in [7, 11) is 0. The molecule has 106 valence electrons. The van der Waals surface area contributed by atoms with E-state index in [0.29, 0.717) is 16.1 Å². The van der Waals surface area contributed by atoms with Gasteiger partial charge in [-0.2, -0.15) is 8.78 Å². The molecule has 0 amide bonds. The van der Waals surface area contributed by atoms with Crippen molar-refractivity contribution >= 4 is 46.4 Å². The summed E-state index contributed by atoms with van der Waals surface area (Å²) in [6, 6.07) is 7.31. The van der Waals surface area contributed by atoms with Gasteiger partial charge in [-0.25, -0.2) is 0 Å². The highest BCUT2D eigenvalue weighted by Crippen LogP contribution is 2.42. The lowest BCUT2D eigenvalue weighted by atomic mass is 10.0. The molecule has 0 saturated heterocycles. The molecular weight excluding hydrogens is 352 g/mol. The molecule has 2 aromatic carbocycles. The lowest BCUT2D eigenvalue weighted by Gasteiger charge is -2.13. The maximum atomic E-state index is 12.4. The van der Waals surface area contributed by atoms with E-state index < -0.39 is 6.61 Å². The molecule has 0 fully saturated rings. The summed E-state index contributed by atoms with van der Waals surface area (Å²) in [4.78, 5) is 0. The molecule has 2 rings (SSSR count). The predicted octanol–water partition coefficient (Wildman–Crippen LogP) is 6.57. The molecule has 0 saturated carbocycles. The fourth-order valence-corrected chi connectivity index (χ4v) is 2.45. The Labute approximate surface area is 134 Å². The van der Waals surface area contributed by atoms with Crippen molar-refractivity contribution in [3.8, 4) is 16.9 Å². The highest BCUT2D eigenvalue weighted by molar-refractivity contribution is 6.49. The van der Waals surface area contributed by atoms with Crippen molar-refractivity contribution in [1.82, 2.24) is 0 Å². The molecule has 0 spiro atoms. The fourth-order valence-electron chi connectivity index (χ4n) is 1.65. The number of hydrogen-bond acceptors (Lipinski definition) is 1. The Morgan fingerprint density at radius 2 is 1.55 bits per heavy atom. The number of ether oxygens (including phenoxy) is 1. The summed E-state index contributed by atoms with van der Waals surface area (Å²) in [5.41, 5.74) is 0.709. The third-order valence-corrected chi connectivity index (χ3v) is 4.01. The molecule has 20 heavy (non-hydrogen) atoms. The second kappa shape index (κ2) is 6.35. The molecule has 0 bridgehead atoms. The van der Waals surface area contributed by atoms with Gasteiger partial charge >= 0.3 is 6.61 Å². The molecule has 0 aromatic heterocycles. The SMILES string of the molecule is FC(F)Oc1ccc(Cl)cc1-c1ccc(Cl)c(Cl)c1Cl. The Bertz CT molecular complexity index is 647. The van der Waals surface area contributed by atoms with Crippen LogP contribution < -0.4 is 4.74 Å². The van der Waals surface area contributed by atoms with Crippen molar-refractivity contribution in [2.75, 3.05) is 0 Å². The molecule has 0 heterocycles. The van der Waals surface area contributed by atoms with Crippen LogP contribution in [0.3, 0.4) is 0 Å². The second-order valence-corrected chi connectivity index (χ2v) is 5.34. The van der Waals surface area contributed by atoms with Crippen LogP contribution in [0.25, 0.3) is 11.1 Å². The molecule has 0 aliphatic carbocycles. The number of benzene rings is 2. The predicted molar refractivity (Wildman–Crippen MR) is 78.5 cm³/mol. The molecule has 0 atom stereocenters. The van der Waals surface area contributed by atoms with E-state index in [-0.39, 0.29) is 20.8 Å². The van der Waals surface area contributed by atoms with E-state index in [1.165, 1.54) is 24.3 Å². The highest BCUT2D eigenvalue weighted by Gasteiger charge is 2.17. The quantitative estimate of drug-likeness (QED) is 0.564. The van der Waals surface area contributed by atoms with E-state index in [0.717, 1.165) is 0 Å². The van der Waals surface area contributed by atoms with Gasteiger partial charge in [-0.3, -0.25) is 0 Å². The van der Waals surface area contributed by atoms with Crippen LogP contribution in [0.2, 0.25) is 20.1 Å². The first-order chi connectivity index (χ1) is 9.40. The summed E-state index contributed by atoms with van der Waals surface area (Å²) in [6.07, 6.45) is 0. The molecule has 0 unspecified atom stereocenters. The maximum Gasteiger partial charge on any atom is 0.387 e. The van der Waals surface area contributed by atoms with Crippen LogP contribution in [-0.4, -0.2) is 6.61 Å². The Hall–Kier alpha value is -0.740. The van der Waals surface area contributed by atoms with Crippen molar-refractivity contribution in [2.45, 2.75) is 6.61 Å². The summed E-state index contributed by atoms with van der Waals surface area (Å²) in [5, 5.41) is 0.886. The Balaban J connectivity index is 2.62. The minimum Gasteiger partial charge on any atom is -0.434 e. The largest absolute Gasteiger partial charge is 0.434 e. The third kappa shape index (κ3) is 3.29. The minimum atomic E-state index is -2.96. The van der Waals surface area contributed by atoms with Crippen LogP contribution in [0.5, 0.6) is 5.75 Å². The smallest absolute Gasteiger partial charge is 0.387 e. The number of hydrogen-bond donors (Lipinski definition) is 0. The molecule has 0 radical (unpaired) electrons. The summed E-state index contributed by atoms with van der Waals surface area (Å²) >= 11 is 23.8. The van der Waals surface area contributed by atoms with E-state index in [4.69, 9.17) is 46.4 Å². The van der Waals surface area contributed by atoms with E-state index in [9.17, 15) is 8.78 Å². The lowest BCUT2D eigenvalue weighted by Crippen LogP contribution is -2.03. The molecule has 7 heteroatoms. The van der Waals surface area contributed by atoms with Crippen molar-refractivity contribution in [3.63, 3.8) is 0 Å². The minimum absolute atomic E-state index is 0.0512. The fraction of sp³-hybridized carbons (Fsp3) is 0.0769. The van der Waals surface area contributed by atoms with Crippen LogP contribution in [-0.2, 0) is 0 Å². The third-order valence-electron chi connectivity index (χ3n) is 2.48. The molecule has 0 N–H and O–H groups in total. The molecule has 2 aromatic rings. The Kier molecular flexibility index (Phi) is 4.97. The van der Waals surface area contributed by atoms with Gasteiger partial charge in [0.25, 0.3) is 0 Å². The average Bonchev–Trinajstić information content (AvgIpc) is 2.38. The zero-order valence-corrected chi connectivity index (χ0v) is 12.7. The van der Waals surface area contributed by atoms with Crippen LogP contribution >= 0.6 is 46.4 Å². The normalized spacial score (nSPS) is 10.9. The maximum absolute atomic E-state index is 12.4. The van der Waals surface area contributed by atoms with Crippen molar-refractivity contribution < 1.29 is 13.5 Å². The molecule has 0 aliphatic rings. The van der Waals surface area contributed by atoms with Gasteiger partial charge in [0.05, 0.1) is 15.1 Å².